The average molecular weight is 521 g/mol. The summed E-state index contributed by atoms with van der Waals surface area (Å²) in [5, 5.41) is 11.1. The van der Waals surface area contributed by atoms with Crippen LogP contribution in [0, 0.1) is 6.92 Å². The number of hydrogen-bond acceptors (Lipinski definition) is 7. The van der Waals surface area contributed by atoms with Gasteiger partial charge >= 0.3 is 0 Å². The number of para-hydroxylation sites is 1. The standard InChI is InChI=1S/C29H32N2O5S/c1-4-31(5-2)24-14-11-22(12-15-24)26-18-13-23-7-6-8-27(29(23)30-26)35-20-19-28(32)36-37(33,34)25-16-9-21(3)10-17-25/h6-18,28,32H,4-5,19-20H2,1-3H3. The van der Waals surface area contributed by atoms with Crippen LogP contribution >= 0.6 is 0 Å². The summed E-state index contributed by atoms with van der Waals surface area (Å²) in [6.45, 7) is 8.08. The minimum atomic E-state index is -4.08. The molecule has 1 atom stereocenters. The van der Waals surface area contributed by atoms with Crippen molar-refractivity contribution >= 4 is 26.7 Å². The van der Waals surface area contributed by atoms with Crippen LogP contribution < -0.4 is 9.64 Å². The first-order valence-electron chi connectivity index (χ1n) is 12.4. The van der Waals surface area contributed by atoms with Crippen molar-refractivity contribution < 1.29 is 22.4 Å². The van der Waals surface area contributed by atoms with E-state index in [1.54, 1.807) is 18.2 Å². The normalized spacial score (nSPS) is 12.4. The molecule has 0 saturated carbocycles. The van der Waals surface area contributed by atoms with Gasteiger partial charge in [-0.1, -0.05) is 48.0 Å². The van der Waals surface area contributed by atoms with Crippen molar-refractivity contribution in [3.63, 3.8) is 0 Å². The van der Waals surface area contributed by atoms with E-state index in [1.807, 2.05) is 31.2 Å². The zero-order valence-corrected chi connectivity index (χ0v) is 22.1. The number of aliphatic hydroxyl groups excluding tert-OH is 1. The molecule has 4 rings (SSSR count). The summed E-state index contributed by atoms with van der Waals surface area (Å²) in [7, 11) is -4.08. The molecule has 7 nitrogen and oxygen atoms in total. The zero-order chi connectivity index (χ0) is 26.4. The van der Waals surface area contributed by atoms with Crippen LogP contribution in [0.25, 0.3) is 22.2 Å². The first kappa shape index (κ1) is 26.6. The van der Waals surface area contributed by atoms with Crippen LogP contribution in [0.2, 0.25) is 0 Å². The number of benzene rings is 3. The lowest BCUT2D eigenvalue weighted by molar-refractivity contribution is -0.0255. The highest BCUT2D eigenvalue weighted by Crippen LogP contribution is 2.29. The number of fused-ring (bicyclic) bond motifs is 1. The maximum atomic E-state index is 12.4. The molecule has 0 amide bonds. The molecule has 1 aromatic heterocycles. The SMILES string of the molecule is CCN(CC)c1ccc(-c2ccc3cccc(OCCC(O)OS(=O)(=O)c4ccc(C)cc4)c3n2)cc1. The van der Waals surface area contributed by atoms with Crippen LogP contribution in [-0.2, 0) is 14.3 Å². The fourth-order valence-electron chi connectivity index (χ4n) is 4.05. The Morgan fingerprint density at radius 1 is 0.919 bits per heavy atom. The number of anilines is 1. The van der Waals surface area contributed by atoms with E-state index in [1.165, 1.54) is 17.8 Å². The second kappa shape index (κ2) is 11.7. The Balaban J connectivity index is 1.44. The van der Waals surface area contributed by atoms with Gasteiger partial charge in [-0.3, -0.25) is 0 Å². The number of aliphatic hydroxyl groups is 1. The molecule has 194 valence electrons. The lowest BCUT2D eigenvalue weighted by atomic mass is 10.1. The highest BCUT2D eigenvalue weighted by molar-refractivity contribution is 7.86. The van der Waals surface area contributed by atoms with E-state index in [0.717, 1.165) is 35.3 Å². The fourth-order valence-corrected chi connectivity index (χ4v) is 5.02. The number of ether oxygens (including phenoxy) is 1. The number of pyridine rings is 1. The molecule has 1 unspecified atom stereocenters. The molecule has 1 N–H and O–H groups in total. The van der Waals surface area contributed by atoms with Crippen molar-refractivity contribution in [3.8, 4) is 17.0 Å². The molecule has 1 heterocycles. The van der Waals surface area contributed by atoms with Gasteiger partial charge < -0.3 is 14.7 Å². The van der Waals surface area contributed by atoms with E-state index in [0.29, 0.717) is 11.3 Å². The molecule has 8 heteroatoms. The molecule has 3 aromatic carbocycles. The van der Waals surface area contributed by atoms with Gasteiger partial charge in [0.25, 0.3) is 10.1 Å². The van der Waals surface area contributed by atoms with E-state index in [-0.39, 0.29) is 17.9 Å². The Kier molecular flexibility index (Phi) is 8.43. The van der Waals surface area contributed by atoms with Crippen LogP contribution in [0.1, 0.15) is 25.8 Å². The van der Waals surface area contributed by atoms with Crippen molar-refractivity contribution in [3.05, 3.63) is 84.4 Å². The van der Waals surface area contributed by atoms with Crippen molar-refractivity contribution in [2.75, 3.05) is 24.6 Å². The van der Waals surface area contributed by atoms with Gasteiger partial charge in [-0.2, -0.15) is 8.42 Å². The lowest BCUT2D eigenvalue weighted by Crippen LogP contribution is -2.21. The monoisotopic (exact) mass is 520 g/mol. The second-order valence-electron chi connectivity index (χ2n) is 8.70. The van der Waals surface area contributed by atoms with Gasteiger partial charge in [-0.25, -0.2) is 9.17 Å². The minimum absolute atomic E-state index is 0.00557. The predicted octanol–water partition coefficient (Wildman–Crippen LogP) is 5.55. The molecule has 0 bridgehead atoms. The lowest BCUT2D eigenvalue weighted by Gasteiger charge is -2.21. The van der Waals surface area contributed by atoms with Crippen LogP contribution in [0.15, 0.2) is 83.8 Å². The average Bonchev–Trinajstić information content (AvgIpc) is 2.89. The summed E-state index contributed by atoms with van der Waals surface area (Å²) >= 11 is 0. The molecule has 0 saturated heterocycles. The van der Waals surface area contributed by atoms with Gasteiger partial charge in [0.2, 0.25) is 0 Å². The van der Waals surface area contributed by atoms with Crippen molar-refractivity contribution in [2.24, 2.45) is 0 Å². The Bertz CT molecular complexity index is 1430. The summed E-state index contributed by atoms with van der Waals surface area (Å²) in [6.07, 6.45) is -1.57. The predicted molar refractivity (Wildman–Crippen MR) is 146 cm³/mol. The van der Waals surface area contributed by atoms with Gasteiger partial charge in [0.15, 0.2) is 6.29 Å². The molecule has 4 aromatic rings. The quantitative estimate of drug-likeness (QED) is 0.205. The molecule has 0 fully saturated rings. The maximum Gasteiger partial charge on any atom is 0.299 e. The third-order valence-corrected chi connectivity index (χ3v) is 7.47. The third kappa shape index (κ3) is 6.46. The van der Waals surface area contributed by atoms with Crippen LogP contribution in [0.3, 0.4) is 0 Å². The Labute approximate surface area is 218 Å². The van der Waals surface area contributed by atoms with Gasteiger partial charge in [0, 0.05) is 36.1 Å². The largest absolute Gasteiger partial charge is 0.491 e. The maximum absolute atomic E-state index is 12.4. The van der Waals surface area contributed by atoms with Gasteiger partial charge in [0.05, 0.1) is 17.2 Å². The fraction of sp³-hybridized carbons (Fsp3) is 0.276. The minimum Gasteiger partial charge on any atom is -0.491 e. The number of rotatable bonds is 11. The van der Waals surface area contributed by atoms with E-state index >= 15 is 0 Å². The molecule has 0 aliphatic rings. The Morgan fingerprint density at radius 2 is 1.62 bits per heavy atom. The molecular formula is C29H32N2O5S. The molecule has 0 radical (unpaired) electrons. The number of hydrogen-bond donors (Lipinski definition) is 1. The molecule has 0 spiro atoms. The first-order valence-corrected chi connectivity index (χ1v) is 13.8. The molecule has 0 aliphatic carbocycles. The van der Waals surface area contributed by atoms with Gasteiger partial charge in [-0.05, 0) is 57.2 Å². The summed E-state index contributed by atoms with van der Waals surface area (Å²) in [5.41, 5.74) is 4.61. The summed E-state index contributed by atoms with van der Waals surface area (Å²) < 4.78 is 35.6. The van der Waals surface area contributed by atoms with Crippen LogP contribution in [-0.4, -0.2) is 44.5 Å². The van der Waals surface area contributed by atoms with E-state index in [4.69, 9.17) is 13.9 Å². The summed E-state index contributed by atoms with van der Waals surface area (Å²) in [4.78, 5) is 7.12. The first-order chi connectivity index (χ1) is 17.8. The molecule has 0 aliphatic heterocycles. The van der Waals surface area contributed by atoms with Crippen molar-refractivity contribution in [1.29, 1.82) is 0 Å². The number of aromatic nitrogens is 1. The topological polar surface area (TPSA) is 89.0 Å². The smallest absolute Gasteiger partial charge is 0.299 e. The zero-order valence-electron chi connectivity index (χ0n) is 21.3. The van der Waals surface area contributed by atoms with Crippen LogP contribution in [0.4, 0.5) is 5.69 Å². The third-order valence-electron chi connectivity index (χ3n) is 6.14. The van der Waals surface area contributed by atoms with Gasteiger partial charge in [-0.15, -0.1) is 0 Å². The summed E-state index contributed by atoms with van der Waals surface area (Å²) in [5.74, 6) is 0.549. The number of aryl methyl sites for hydroxylation is 1. The Hall–Kier alpha value is -3.46. The number of nitrogens with zero attached hydrogens (tertiary/aromatic N) is 2. The van der Waals surface area contributed by atoms with E-state index in [2.05, 4.69) is 43.0 Å². The highest BCUT2D eigenvalue weighted by atomic mass is 32.2. The van der Waals surface area contributed by atoms with Crippen molar-refractivity contribution in [2.45, 2.75) is 38.4 Å². The van der Waals surface area contributed by atoms with E-state index in [9.17, 15) is 13.5 Å². The van der Waals surface area contributed by atoms with Gasteiger partial charge in [0.1, 0.15) is 11.3 Å². The molecule has 37 heavy (non-hydrogen) atoms. The molecular weight excluding hydrogens is 488 g/mol. The summed E-state index contributed by atoms with van der Waals surface area (Å²) in [6, 6.07) is 24.2. The van der Waals surface area contributed by atoms with Crippen LogP contribution in [0.5, 0.6) is 5.75 Å². The second-order valence-corrected chi connectivity index (χ2v) is 10.3. The van der Waals surface area contributed by atoms with Crippen molar-refractivity contribution in [1.82, 2.24) is 4.98 Å². The Morgan fingerprint density at radius 3 is 2.30 bits per heavy atom. The highest BCUT2D eigenvalue weighted by Gasteiger charge is 2.20. The van der Waals surface area contributed by atoms with E-state index < -0.39 is 16.4 Å².